The highest BCUT2D eigenvalue weighted by molar-refractivity contribution is 7.92. The van der Waals surface area contributed by atoms with E-state index >= 15 is 0 Å². The van der Waals surface area contributed by atoms with Gasteiger partial charge in [-0.2, -0.15) is 0 Å². The Morgan fingerprint density at radius 1 is 1.08 bits per heavy atom. The van der Waals surface area contributed by atoms with Crippen molar-refractivity contribution in [2.75, 3.05) is 23.2 Å². The van der Waals surface area contributed by atoms with Crippen molar-refractivity contribution in [2.24, 2.45) is 14.1 Å². The van der Waals surface area contributed by atoms with Gasteiger partial charge in [0.25, 0.3) is 15.6 Å². The van der Waals surface area contributed by atoms with Crippen molar-refractivity contribution in [3.8, 4) is 0 Å². The second-order valence-corrected chi connectivity index (χ2v) is 10.7. The summed E-state index contributed by atoms with van der Waals surface area (Å²) in [4.78, 5) is 49.6. The molecule has 0 amide bonds. The molecule has 0 spiro atoms. The summed E-state index contributed by atoms with van der Waals surface area (Å²) in [7, 11) is -1.58. The Bertz CT molecular complexity index is 1660. The Hall–Kier alpha value is -3.90. The predicted molar refractivity (Wildman–Crippen MR) is 137 cm³/mol. The topological polar surface area (TPSA) is 151 Å². The van der Waals surface area contributed by atoms with Crippen LogP contribution < -0.4 is 21.3 Å². The van der Waals surface area contributed by atoms with Gasteiger partial charge in [0.2, 0.25) is 5.78 Å². The first-order chi connectivity index (χ1) is 17.4. The smallest absolute Gasteiger partial charge is 0.340 e. The molecule has 0 saturated carbocycles. The van der Waals surface area contributed by atoms with E-state index in [9.17, 15) is 27.6 Å². The number of aromatic nitrogens is 2. The fourth-order valence-electron chi connectivity index (χ4n) is 4.10. The van der Waals surface area contributed by atoms with Crippen LogP contribution >= 0.6 is 11.6 Å². The first kappa shape index (κ1) is 26.2. The number of Topliss-reactive ketones (excluding diaryl/α,β-unsaturated/α-hetero) is 1. The van der Waals surface area contributed by atoms with Crippen LogP contribution in [0.25, 0.3) is 0 Å². The third-order valence-electron chi connectivity index (χ3n) is 6.14. The van der Waals surface area contributed by atoms with Crippen molar-refractivity contribution in [3.05, 3.63) is 85.0 Å². The lowest BCUT2D eigenvalue weighted by Crippen LogP contribution is -2.42. The number of aryl methyl sites for hydroxylation is 1. The number of nitrogen functional groups attached to an aromatic ring is 1. The number of fused-ring (bicyclic) bond motifs is 1. The number of sulfonamides is 1. The summed E-state index contributed by atoms with van der Waals surface area (Å²) >= 11 is 6.14. The highest BCUT2D eigenvalue weighted by Crippen LogP contribution is 2.33. The van der Waals surface area contributed by atoms with E-state index in [4.69, 9.17) is 22.1 Å². The number of esters is 1. The quantitative estimate of drug-likeness (QED) is 0.361. The van der Waals surface area contributed by atoms with Crippen LogP contribution in [0.5, 0.6) is 0 Å². The molecular weight excluding hydrogens is 524 g/mol. The van der Waals surface area contributed by atoms with Gasteiger partial charge in [0.1, 0.15) is 11.4 Å². The van der Waals surface area contributed by atoms with Crippen LogP contribution in [-0.4, -0.2) is 42.5 Å². The third kappa shape index (κ3) is 4.65. The highest BCUT2D eigenvalue weighted by atomic mass is 35.5. The Morgan fingerprint density at radius 2 is 1.78 bits per heavy atom. The summed E-state index contributed by atoms with van der Waals surface area (Å²) < 4.78 is 34.8. The maximum Gasteiger partial charge on any atom is 0.340 e. The van der Waals surface area contributed by atoms with Crippen LogP contribution in [0.1, 0.15) is 32.7 Å². The molecule has 1 aliphatic heterocycles. The van der Waals surface area contributed by atoms with Crippen LogP contribution in [-0.2, 0) is 35.3 Å². The maximum absolute atomic E-state index is 13.5. The molecule has 1 aromatic heterocycles. The molecule has 0 unspecified atom stereocenters. The van der Waals surface area contributed by atoms with Gasteiger partial charge < -0.3 is 10.5 Å². The molecule has 4 rings (SSSR count). The first-order valence-corrected chi connectivity index (χ1v) is 12.9. The Labute approximate surface area is 216 Å². The molecule has 0 saturated heterocycles. The standard InChI is InChI=1S/C24H23ClN4O7S/c1-27-21(26)20(22(31)28(2)24(27)33)19(30)13-36-23(32)16-12-15(9-10-17(16)25)37(34,35)29-11-5-7-14-6-3-4-8-18(14)29/h3-4,6,8-10,12H,5,7,11,13,26H2,1-2H3. The molecule has 1 aliphatic rings. The lowest BCUT2D eigenvalue weighted by atomic mass is 10.0. The number of hydrogen-bond donors (Lipinski definition) is 1. The first-order valence-electron chi connectivity index (χ1n) is 11.1. The van der Waals surface area contributed by atoms with Gasteiger partial charge in [-0.25, -0.2) is 18.0 Å². The van der Waals surface area contributed by atoms with Crippen LogP contribution in [0.3, 0.4) is 0 Å². The predicted octanol–water partition coefficient (Wildman–Crippen LogP) is 1.50. The Kier molecular flexibility index (Phi) is 6.98. The summed E-state index contributed by atoms with van der Waals surface area (Å²) in [6.07, 6.45) is 1.38. The molecule has 37 heavy (non-hydrogen) atoms. The number of para-hydroxylation sites is 1. The maximum atomic E-state index is 13.5. The molecule has 2 aromatic carbocycles. The van der Waals surface area contributed by atoms with Gasteiger partial charge in [0.15, 0.2) is 6.61 Å². The lowest BCUT2D eigenvalue weighted by molar-refractivity contribution is 0.0474. The molecule has 0 fully saturated rings. The minimum Gasteiger partial charge on any atom is -0.454 e. The summed E-state index contributed by atoms with van der Waals surface area (Å²) in [5.41, 5.74) is 4.78. The van der Waals surface area contributed by atoms with Crippen molar-refractivity contribution in [3.63, 3.8) is 0 Å². The molecule has 0 bridgehead atoms. The van der Waals surface area contributed by atoms with Gasteiger partial charge in [-0.15, -0.1) is 0 Å². The number of halogens is 1. The van der Waals surface area contributed by atoms with E-state index in [1.807, 2.05) is 12.1 Å². The zero-order valence-corrected chi connectivity index (χ0v) is 21.5. The second kappa shape index (κ2) is 9.87. The normalized spacial score (nSPS) is 13.2. The fraction of sp³-hybridized carbons (Fsp3) is 0.250. The van der Waals surface area contributed by atoms with Gasteiger partial charge >= 0.3 is 11.7 Å². The van der Waals surface area contributed by atoms with E-state index in [0.717, 1.165) is 22.6 Å². The number of nitrogens with zero attached hydrogens (tertiary/aromatic N) is 3. The van der Waals surface area contributed by atoms with Crippen LogP contribution in [0.4, 0.5) is 11.5 Å². The van der Waals surface area contributed by atoms with E-state index in [1.54, 1.807) is 12.1 Å². The summed E-state index contributed by atoms with van der Waals surface area (Å²) in [5.74, 6) is -2.39. The van der Waals surface area contributed by atoms with E-state index in [2.05, 4.69) is 0 Å². The Morgan fingerprint density at radius 3 is 2.51 bits per heavy atom. The largest absolute Gasteiger partial charge is 0.454 e. The van der Waals surface area contributed by atoms with Crippen LogP contribution in [0.15, 0.2) is 56.9 Å². The molecular formula is C24H23ClN4O7S. The molecule has 194 valence electrons. The number of carbonyl (C=O) groups excluding carboxylic acids is 2. The number of benzene rings is 2. The SMILES string of the molecule is Cn1c(N)c(C(=O)COC(=O)c2cc(S(=O)(=O)N3CCCc4ccccc43)ccc2Cl)c(=O)n(C)c1=O. The molecule has 2 N–H and O–H groups in total. The average molecular weight is 547 g/mol. The van der Waals surface area contributed by atoms with Crippen molar-refractivity contribution >= 4 is 44.9 Å². The Balaban J connectivity index is 1.60. The molecule has 0 aliphatic carbocycles. The van der Waals surface area contributed by atoms with Gasteiger partial charge in [-0.3, -0.25) is 23.0 Å². The summed E-state index contributed by atoms with van der Waals surface area (Å²) in [5, 5.41) is -0.0898. The summed E-state index contributed by atoms with van der Waals surface area (Å²) in [6.45, 7) is -0.616. The minimum absolute atomic E-state index is 0.0898. The number of rotatable bonds is 6. The number of ether oxygens (including phenoxy) is 1. The number of hydrogen-bond acceptors (Lipinski definition) is 8. The van der Waals surface area contributed by atoms with Crippen molar-refractivity contribution in [1.29, 1.82) is 0 Å². The van der Waals surface area contributed by atoms with Crippen molar-refractivity contribution < 1.29 is 22.7 Å². The molecule has 13 heteroatoms. The lowest BCUT2D eigenvalue weighted by Gasteiger charge is -2.30. The van der Waals surface area contributed by atoms with Gasteiger partial charge in [-0.1, -0.05) is 29.8 Å². The van der Waals surface area contributed by atoms with Gasteiger partial charge in [-0.05, 0) is 42.7 Å². The fourth-order valence-corrected chi connectivity index (χ4v) is 5.86. The van der Waals surface area contributed by atoms with Gasteiger partial charge in [0.05, 0.1) is 21.2 Å². The van der Waals surface area contributed by atoms with Crippen LogP contribution in [0.2, 0.25) is 5.02 Å². The number of ketones is 1. The van der Waals surface area contributed by atoms with E-state index < -0.39 is 45.2 Å². The van der Waals surface area contributed by atoms with Crippen LogP contribution in [0, 0.1) is 0 Å². The molecule has 3 aromatic rings. The number of nitrogens with two attached hydrogens (primary N) is 1. The highest BCUT2D eigenvalue weighted by Gasteiger charge is 2.30. The van der Waals surface area contributed by atoms with Crippen molar-refractivity contribution in [1.82, 2.24) is 9.13 Å². The van der Waals surface area contributed by atoms with Crippen molar-refractivity contribution in [2.45, 2.75) is 17.7 Å². The molecule has 0 atom stereocenters. The minimum atomic E-state index is -4.04. The van der Waals surface area contributed by atoms with E-state index in [0.29, 0.717) is 16.7 Å². The number of carbonyl (C=O) groups is 2. The second-order valence-electron chi connectivity index (χ2n) is 8.42. The third-order valence-corrected chi connectivity index (χ3v) is 8.28. The zero-order valence-electron chi connectivity index (χ0n) is 19.9. The van der Waals surface area contributed by atoms with E-state index in [1.165, 1.54) is 30.5 Å². The monoisotopic (exact) mass is 546 g/mol. The molecule has 11 nitrogen and oxygen atoms in total. The average Bonchev–Trinajstić information content (AvgIpc) is 2.89. The van der Waals surface area contributed by atoms with E-state index in [-0.39, 0.29) is 27.8 Å². The molecule has 0 radical (unpaired) electrons. The summed E-state index contributed by atoms with van der Waals surface area (Å²) in [6, 6.07) is 10.8. The number of anilines is 2. The zero-order chi connectivity index (χ0) is 27.1. The molecule has 2 heterocycles. The van der Waals surface area contributed by atoms with Gasteiger partial charge in [0, 0.05) is 20.6 Å².